The first kappa shape index (κ1) is 11.9. The van der Waals surface area contributed by atoms with Gasteiger partial charge in [-0.3, -0.25) is 0 Å². The molecule has 0 amide bonds. The molecule has 0 aromatic rings. The van der Waals surface area contributed by atoms with E-state index in [-0.39, 0.29) is 25.2 Å². The van der Waals surface area contributed by atoms with E-state index in [4.69, 9.17) is 10.2 Å². The molecule has 5 heteroatoms. The van der Waals surface area contributed by atoms with Gasteiger partial charge in [0.2, 0.25) is 0 Å². The number of piperidine rings is 1. The fraction of sp³-hybridized carbons (Fsp3) is 1.00. The zero-order chi connectivity index (χ0) is 10.6. The van der Waals surface area contributed by atoms with E-state index in [9.17, 15) is 10.2 Å². The maximum atomic E-state index is 9.36. The summed E-state index contributed by atoms with van der Waals surface area (Å²) in [5.74, 6) is 0.0437. The zero-order valence-electron chi connectivity index (χ0n) is 8.13. The number of hydrogen-bond donors (Lipinski definition) is 5. The van der Waals surface area contributed by atoms with Crippen molar-refractivity contribution in [1.29, 1.82) is 0 Å². The molecule has 5 nitrogen and oxygen atoms in total. The Morgan fingerprint density at radius 1 is 1.07 bits per heavy atom. The van der Waals surface area contributed by atoms with Crippen molar-refractivity contribution in [2.24, 2.45) is 5.92 Å². The summed E-state index contributed by atoms with van der Waals surface area (Å²) in [6, 6.07) is -0.0952. The Hall–Kier alpha value is -0.200. The molecule has 5 N–H and O–H groups in total. The lowest BCUT2D eigenvalue weighted by Crippen LogP contribution is -2.50. The molecular formula is C9H19NO4. The topological polar surface area (TPSA) is 93.0 Å². The van der Waals surface area contributed by atoms with E-state index in [0.29, 0.717) is 13.0 Å². The summed E-state index contributed by atoms with van der Waals surface area (Å²) in [4.78, 5) is 0. The van der Waals surface area contributed by atoms with E-state index in [1.807, 2.05) is 0 Å². The molecule has 1 saturated heterocycles. The average molecular weight is 205 g/mol. The van der Waals surface area contributed by atoms with Crippen molar-refractivity contribution in [3.8, 4) is 0 Å². The molecule has 1 rings (SSSR count). The van der Waals surface area contributed by atoms with Crippen molar-refractivity contribution in [2.45, 2.75) is 31.1 Å². The van der Waals surface area contributed by atoms with Gasteiger partial charge in [0.25, 0.3) is 0 Å². The molecule has 1 fully saturated rings. The van der Waals surface area contributed by atoms with Crippen LogP contribution < -0.4 is 5.32 Å². The van der Waals surface area contributed by atoms with Gasteiger partial charge in [-0.25, -0.2) is 0 Å². The van der Waals surface area contributed by atoms with Crippen LogP contribution in [0.3, 0.4) is 0 Å². The number of hydrogen-bond acceptors (Lipinski definition) is 5. The first-order chi connectivity index (χ1) is 6.69. The first-order valence-corrected chi connectivity index (χ1v) is 5.00. The molecule has 0 saturated carbocycles. The Balaban J connectivity index is 2.31. The highest BCUT2D eigenvalue weighted by Crippen LogP contribution is 2.19. The van der Waals surface area contributed by atoms with Crippen LogP contribution in [-0.4, -0.2) is 58.4 Å². The van der Waals surface area contributed by atoms with E-state index in [2.05, 4.69) is 5.32 Å². The van der Waals surface area contributed by atoms with Crippen LogP contribution in [0.4, 0.5) is 0 Å². The summed E-state index contributed by atoms with van der Waals surface area (Å²) < 4.78 is 0. The highest BCUT2D eigenvalue weighted by Gasteiger charge is 2.28. The fourth-order valence-electron chi connectivity index (χ4n) is 1.83. The van der Waals surface area contributed by atoms with Gasteiger partial charge >= 0.3 is 0 Å². The van der Waals surface area contributed by atoms with Gasteiger partial charge in [0.15, 0.2) is 0 Å². The minimum atomic E-state index is -0.734. The van der Waals surface area contributed by atoms with E-state index >= 15 is 0 Å². The normalized spacial score (nSPS) is 32.6. The van der Waals surface area contributed by atoms with Gasteiger partial charge in [-0.1, -0.05) is 0 Å². The Kier molecular flexibility index (Phi) is 4.77. The Labute approximate surface area is 83.4 Å². The molecule has 4 atom stereocenters. The lowest BCUT2D eigenvalue weighted by atomic mass is 9.89. The lowest BCUT2D eigenvalue weighted by molar-refractivity contribution is 0.00940. The average Bonchev–Trinajstić information content (AvgIpc) is 2.27. The molecule has 0 bridgehead atoms. The van der Waals surface area contributed by atoms with Crippen LogP contribution >= 0.6 is 0 Å². The molecule has 4 unspecified atom stereocenters. The van der Waals surface area contributed by atoms with Crippen LogP contribution in [0.5, 0.6) is 0 Å². The van der Waals surface area contributed by atoms with Crippen LogP contribution in [0.15, 0.2) is 0 Å². The summed E-state index contributed by atoms with van der Waals surface area (Å²) in [5, 5.41) is 39.2. The largest absolute Gasteiger partial charge is 0.394 e. The van der Waals surface area contributed by atoms with Crippen LogP contribution in [0.1, 0.15) is 12.8 Å². The number of aliphatic hydroxyl groups is 4. The summed E-state index contributed by atoms with van der Waals surface area (Å²) in [6.45, 7) is 0.105. The molecule has 1 aliphatic heterocycles. The maximum absolute atomic E-state index is 9.36. The Bertz CT molecular complexity index is 141. The number of rotatable bonds is 4. The second kappa shape index (κ2) is 5.63. The van der Waals surface area contributed by atoms with E-state index < -0.39 is 12.2 Å². The van der Waals surface area contributed by atoms with E-state index in [1.54, 1.807) is 0 Å². The molecule has 0 aromatic carbocycles. The summed E-state index contributed by atoms with van der Waals surface area (Å²) in [7, 11) is 0. The standard InChI is InChI=1S/C9H19NO4/c11-4-8(13)6-1-2-7(10-3-6)9(14)5-12/h6-14H,1-5H2. The van der Waals surface area contributed by atoms with Crippen LogP contribution in [0, 0.1) is 5.92 Å². The lowest BCUT2D eigenvalue weighted by Gasteiger charge is -2.33. The van der Waals surface area contributed by atoms with Gasteiger partial charge in [-0.15, -0.1) is 0 Å². The van der Waals surface area contributed by atoms with Gasteiger partial charge in [-0.2, -0.15) is 0 Å². The van der Waals surface area contributed by atoms with Crippen molar-refractivity contribution in [3.05, 3.63) is 0 Å². The smallest absolute Gasteiger partial charge is 0.0923 e. The minimum Gasteiger partial charge on any atom is -0.394 e. The van der Waals surface area contributed by atoms with Gasteiger partial charge < -0.3 is 25.7 Å². The number of aliphatic hydroxyl groups excluding tert-OH is 4. The van der Waals surface area contributed by atoms with Crippen molar-refractivity contribution in [3.63, 3.8) is 0 Å². The van der Waals surface area contributed by atoms with E-state index in [0.717, 1.165) is 6.42 Å². The molecule has 1 heterocycles. The third-order valence-corrected chi connectivity index (χ3v) is 2.87. The zero-order valence-corrected chi connectivity index (χ0v) is 8.13. The van der Waals surface area contributed by atoms with E-state index in [1.165, 1.54) is 0 Å². The van der Waals surface area contributed by atoms with Crippen molar-refractivity contribution in [1.82, 2.24) is 5.32 Å². The minimum absolute atomic E-state index is 0.0437. The molecule has 0 spiro atoms. The van der Waals surface area contributed by atoms with Crippen molar-refractivity contribution in [2.75, 3.05) is 19.8 Å². The molecule has 1 aliphatic rings. The second-order valence-corrected chi connectivity index (χ2v) is 3.85. The predicted octanol–water partition coefficient (Wildman–Crippen LogP) is -1.94. The third-order valence-electron chi connectivity index (χ3n) is 2.87. The van der Waals surface area contributed by atoms with Gasteiger partial charge in [0, 0.05) is 12.6 Å². The third kappa shape index (κ3) is 2.90. The maximum Gasteiger partial charge on any atom is 0.0923 e. The first-order valence-electron chi connectivity index (χ1n) is 5.00. The van der Waals surface area contributed by atoms with Gasteiger partial charge in [0.05, 0.1) is 25.4 Å². The van der Waals surface area contributed by atoms with Crippen molar-refractivity contribution < 1.29 is 20.4 Å². The summed E-state index contributed by atoms with van der Waals surface area (Å²) in [6.07, 6.45) is 0.0526. The predicted molar refractivity (Wildman–Crippen MR) is 50.7 cm³/mol. The Morgan fingerprint density at radius 3 is 2.14 bits per heavy atom. The molecule has 14 heavy (non-hydrogen) atoms. The van der Waals surface area contributed by atoms with Gasteiger partial charge in [0.1, 0.15) is 0 Å². The Morgan fingerprint density at radius 2 is 1.71 bits per heavy atom. The highest BCUT2D eigenvalue weighted by molar-refractivity contribution is 4.85. The fourth-order valence-corrected chi connectivity index (χ4v) is 1.83. The van der Waals surface area contributed by atoms with Gasteiger partial charge in [-0.05, 0) is 18.8 Å². The monoisotopic (exact) mass is 205 g/mol. The summed E-state index contributed by atoms with van der Waals surface area (Å²) in [5.41, 5.74) is 0. The molecular weight excluding hydrogens is 186 g/mol. The second-order valence-electron chi connectivity index (χ2n) is 3.85. The van der Waals surface area contributed by atoms with Crippen LogP contribution in [0.25, 0.3) is 0 Å². The van der Waals surface area contributed by atoms with Crippen molar-refractivity contribution >= 4 is 0 Å². The molecule has 0 aromatic heterocycles. The van der Waals surface area contributed by atoms with Crippen LogP contribution in [-0.2, 0) is 0 Å². The molecule has 0 radical (unpaired) electrons. The summed E-state index contributed by atoms with van der Waals surface area (Å²) >= 11 is 0. The molecule has 0 aliphatic carbocycles. The molecule has 84 valence electrons. The highest BCUT2D eigenvalue weighted by atomic mass is 16.3. The quantitative estimate of drug-likeness (QED) is 0.368. The number of nitrogens with one attached hydrogen (secondary N) is 1. The SMILES string of the molecule is OCC(O)C1CCC(C(O)CO)NC1. The van der Waals surface area contributed by atoms with Crippen LogP contribution in [0.2, 0.25) is 0 Å².